The molecule has 5 nitrogen and oxygen atoms in total. The Morgan fingerprint density at radius 1 is 1.18 bits per heavy atom. The molecule has 0 radical (unpaired) electrons. The molecule has 28 heavy (non-hydrogen) atoms. The average Bonchev–Trinajstić information content (AvgIpc) is 3.09. The van der Waals surface area contributed by atoms with Crippen LogP contribution < -0.4 is 5.73 Å². The maximum Gasteiger partial charge on any atom is 0.227 e. The van der Waals surface area contributed by atoms with E-state index in [1.165, 1.54) is 12.8 Å². The summed E-state index contributed by atoms with van der Waals surface area (Å²) < 4.78 is 11.7. The normalized spacial score (nSPS) is 27.9. The summed E-state index contributed by atoms with van der Waals surface area (Å²) in [4.78, 5) is 14.9. The molecule has 1 aliphatic heterocycles. The second-order valence-electron chi connectivity index (χ2n) is 8.15. The van der Waals surface area contributed by atoms with Crippen molar-refractivity contribution in [1.29, 1.82) is 0 Å². The Morgan fingerprint density at radius 2 is 1.89 bits per heavy atom. The van der Waals surface area contributed by atoms with Crippen LogP contribution in [0.3, 0.4) is 0 Å². The molecular formula is C21H30Cl2N2O3. The molecule has 0 unspecified atom stereocenters. The first kappa shape index (κ1) is 21.7. The third kappa shape index (κ3) is 5.32. The number of methoxy groups -OCH3 is 1. The lowest BCUT2D eigenvalue weighted by Gasteiger charge is -2.30. The fourth-order valence-electron chi connectivity index (χ4n) is 4.15. The van der Waals surface area contributed by atoms with Gasteiger partial charge in [-0.15, -0.1) is 0 Å². The lowest BCUT2D eigenvalue weighted by Crippen LogP contribution is -2.40. The number of likely N-dealkylation sites (tertiary alicyclic amines) is 1. The summed E-state index contributed by atoms with van der Waals surface area (Å²) in [6, 6.07) is 3.30. The highest BCUT2D eigenvalue weighted by molar-refractivity contribution is 6.35. The van der Waals surface area contributed by atoms with Crippen LogP contribution in [0.1, 0.15) is 44.6 Å². The number of amides is 1. The minimum Gasteiger partial charge on any atom is -0.397 e. The Hall–Kier alpha value is -1.01. The van der Waals surface area contributed by atoms with Crippen molar-refractivity contribution >= 4 is 34.8 Å². The van der Waals surface area contributed by atoms with Gasteiger partial charge in [0.15, 0.2) is 0 Å². The molecule has 156 valence electrons. The molecule has 0 bridgehead atoms. The number of nitrogens with zero attached hydrogens (tertiary/aromatic N) is 1. The summed E-state index contributed by atoms with van der Waals surface area (Å²) in [5.74, 6) is 0.798. The number of nitrogen functional groups attached to an aromatic ring is 1. The number of anilines is 1. The van der Waals surface area contributed by atoms with E-state index >= 15 is 0 Å². The summed E-state index contributed by atoms with van der Waals surface area (Å²) in [7, 11) is 1.69. The van der Waals surface area contributed by atoms with E-state index in [2.05, 4.69) is 6.92 Å². The molecule has 3 rings (SSSR count). The van der Waals surface area contributed by atoms with Crippen molar-refractivity contribution in [2.75, 3.05) is 26.0 Å². The Bertz CT molecular complexity index is 692. The maximum atomic E-state index is 13.0. The quantitative estimate of drug-likeness (QED) is 0.684. The van der Waals surface area contributed by atoms with Gasteiger partial charge in [0.25, 0.3) is 0 Å². The molecule has 0 spiro atoms. The molecule has 1 aromatic rings. The monoisotopic (exact) mass is 428 g/mol. The van der Waals surface area contributed by atoms with Gasteiger partial charge in [-0.1, -0.05) is 30.1 Å². The third-order valence-corrected chi connectivity index (χ3v) is 6.70. The van der Waals surface area contributed by atoms with Crippen LogP contribution in [-0.2, 0) is 20.7 Å². The summed E-state index contributed by atoms with van der Waals surface area (Å²) in [6.45, 7) is 3.43. The number of carbonyl (C=O) groups is 1. The van der Waals surface area contributed by atoms with Gasteiger partial charge in [0, 0.05) is 18.7 Å². The van der Waals surface area contributed by atoms with E-state index in [9.17, 15) is 4.79 Å². The highest BCUT2D eigenvalue weighted by Crippen LogP contribution is 2.30. The van der Waals surface area contributed by atoms with Crippen molar-refractivity contribution in [2.24, 2.45) is 5.92 Å². The van der Waals surface area contributed by atoms with Gasteiger partial charge < -0.3 is 20.1 Å². The van der Waals surface area contributed by atoms with Crippen molar-refractivity contribution in [3.05, 3.63) is 27.7 Å². The standard InChI is InChI=1S/C21H30Cl2N2O3/c1-13-3-5-16(6-4-13)28-12-15-9-17(27-2)11-25(15)21(26)8-14-7-19(23)20(24)10-18(14)22/h7,10,13,15-17H,3-6,8-9,11-12,24H2,1-2H3/t13?,15-,16?,17-/m0/s1. The molecule has 2 N–H and O–H groups in total. The molecule has 1 aromatic carbocycles. The summed E-state index contributed by atoms with van der Waals surface area (Å²) in [5, 5.41) is 0.872. The molecule has 2 aliphatic rings. The topological polar surface area (TPSA) is 64.8 Å². The third-order valence-electron chi connectivity index (χ3n) is 6.02. The van der Waals surface area contributed by atoms with Crippen LogP contribution in [0, 0.1) is 5.92 Å². The fraction of sp³-hybridized carbons (Fsp3) is 0.667. The first-order valence-electron chi connectivity index (χ1n) is 10.0. The van der Waals surface area contributed by atoms with Crippen LogP contribution in [0.4, 0.5) is 5.69 Å². The van der Waals surface area contributed by atoms with Crippen molar-refractivity contribution in [1.82, 2.24) is 4.90 Å². The number of halogens is 2. The number of hydrogen-bond donors (Lipinski definition) is 1. The Morgan fingerprint density at radius 3 is 2.57 bits per heavy atom. The molecule has 0 aromatic heterocycles. The summed E-state index contributed by atoms with van der Waals surface area (Å²) in [6.07, 6.45) is 5.97. The van der Waals surface area contributed by atoms with Gasteiger partial charge >= 0.3 is 0 Å². The predicted octanol–water partition coefficient (Wildman–Crippen LogP) is 4.33. The summed E-state index contributed by atoms with van der Waals surface area (Å²) >= 11 is 12.4. The predicted molar refractivity (Wildman–Crippen MR) is 113 cm³/mol. The lowest BCUT2D eigenvalue weighted by molar-refractivity contribution is -0.133. The maximum absolute atomic E-state index is 13.0. The van der Waals surface area contributed by atoms with Crippen molar-refractivity contribution < 1.29 is 14.3 Å². The molecule has 2 atom stereocenters. The van der Waals surface area contributed by atoms with E-state index in [-0.39, 0.29) is 24.5 Å². The van der Waals surface area contributed by atoms with Gasteiger partial charge in [0.05, 0.1) is 42.0 Å². The smallest absolute Gasteiger partial charge is 0.227 e. The second kappa shape index (κ2) is 9.66. The van der Waals surface area contributed by atoms with Crippen molar-refractivity contribution in [2.45, 2.75) is 63.7 Å². The molecule has 1 saturated carbocycles. The second-order valence-corrected chi connectivity index (χ2v) is 8.96. The number of hydrogen-bond acceptors (Lipinski definition) is 4. The minimum atomic E-state index is 0.00755. The number of rotatable bonds is 6. The van der Waals surface area contributed by atoms with Gasteiger partial charge in [-0.25, -0.2) is 0 Å². The first-order chi connectivity index (χ1) is 13.4. The molecule has 7 heteroatoms. The SMILES string of the molecule is CO[C@H]1C[C@@H](COC2CCC(C)CC2)N(C(=O)Cc2cc(Cl)c(N)cc2Cl)C1. The number of ether oxygens (including phenoxy) is 2. The molecule has 1 heterocycles. The Balaban J connectivity index is 1.62. The molecule has 1 aliphatic carbocycles. The Kier molecular flexibility index (Phi) is 7.48. The molecule has 1 saturated heterocycles. The van der Waals surface area contributed by atoms with E-state index in [1.54, 1.807) is 19.2 Å². The van der Waals surface area contributed by atoms with E-state index < -0.39 is 0 Å². The number of carbonyl (C=O) groups excluding carboxylic acids is 1. The van der Waals surface area contributed by atoms with Crippen LogP contribution in [0.5, 0.6) is 0 Å². The van der Waals surface area contributed by atoms with Crippen LogP contribution >= 0.6 is 23.2 Å². The fourth-order valence-corrected chi connectivity index (χ4v) is 4.58. The van der Waals surface area contributed by atoms with Crippen LogP contribution in [-0.4, -0.2) is 49.3 Å². The minimum absolute atomic E-state index is 0.00755. The number of benzene rings is 1. The van der Waals surface area contributed by atoms with Crippen molar-refractivity contribution in [3.63, 3.8) is 0 Å². The van der Waals surface area contributed by atoms with Crippen molar-refractivity contribution in [3.8, 4) is 0 Å². The number of nitrogens with two attached hydrogens (primary N) is 1. The highest BCUT2D eigenvalue weighted by Gasteiger charge is 2.36. The van der Waals surface area contributed by atoms with E-state index in [0.717, 1.165) is 25.2 Å². The lowest BCUT2D eigenvalue weighted by atomic mass is 9.89. The van der Waals surface area contributed by atoms with Gasteiger partial charge in [-0.2, -0.15) is 0 Å². The van der Waals surface area contributed by atoms with Gasteiger partial charge in [-0.05, 0) is 55.7 Å². The van der Waals surface area contributed by atoms with E-state index in [4.69, 9.17) is 38.4 Å². The average molecular weight is 429 g/mol. The van der Waals surface area contributed by atoms with Gasteiger partial charge in [0.1, 0.15) is 0 Å². The van der Waals surface area contributed by atoms with Gasteiger partial charge in [0.2, 0.25) is 5.91 Å². The summed E-state index contributed by atoms with van der Waals surface area (Å²) in [5.41, 5.74) is 6.88. The highest BCUT2D eigenvalue weighted by atomic mass is 35.5. The molecule has 1 amide bonds. The molecular weight excluding hydrogens is 399 g/mol. The zero-order valence-corrected chi connectivity index (χ0v) is 18.1. The van der Waals surface area contributed by atoms with E-state index in [0.29, 0.717) is 40.6 Å². The largest absolute Gasteiger partial charge is 0.397 e. The van der Waals surface area contributed by atoms with Crippen LogP contribution in [0.15, 0.2) is 12.1 Å². The Labute approximate surface area is 177 Å². The zero-order valence-electron chi connectivity index (χ0n) is 16.6. The first-order valence-corrected chi connectivity index (χ1v) is 10.8. The van der Waals surface area contributed by atoms with E-state index in [1.807, 2.05) is 4.90 Å². The van der Waals surface area contributed by atoms with Gasteiger partial charge in [-0.3, -0.25) is 4.79 Å². The van der Waals surface area contributed by atoms with Crippen LogP contribution in [0.25, 0.3) is 0 Å². The molecule has 2 fully saturated rings. The zero-order chi connectivity index (χ0) is 20.3. The van der Waals surface area contributed by atoms with Crippen LogP contribution in [0.2, 0.25) is 10.0 Å².